The Labute approximate surface area is 147 Å². The molecule has 136 valence electrons. The lowest BCUT2D eigenvalue weighted by Gasteiger charge is -2.27. The second-order valence-electron chi connectivity index (χ2n) is 6.47. The van der Waals surface area contributed by atoms with E-state index in [4.69, 9.17) is 14.2 Å². The highest BCUT2D eigenvalue weighted by atomic mass is 16.6. The molecule has 6 nitrogen and oxygen atoms in total. The lowest BCUT2D eigenvalue weighted by molar-refractivity contribution is -0.149. The van der Waals surface area contributed by atoms with E-state index in [0.29, 0.717) is 18.4 Å². The van der Waals surface area contributed by atoms with Gasteiger partial charge in [-0.1, -0.05) is 18.2 Å². The number of hydrogen-bond acceptors (Lipinski definition) is 6. The Morgan fingerprint density at radius 1 is 1.32 bits per heavy atom. The molecule has 25 heavy (non-hydrogen) atoms. The van der Waals surface area contributed by atoms with Gasteiger partial charge in [0.1, 0.15) is 18.8 Å². The Morgan fingerprint density at radius 2 is 2.04 bits per heavy atom. The second kappa shape index (κ2) is 8.14. The van der Waals surface area contributed by atoms with Crippen molar-refractivity contribution in [3.05, 3.63) is 35.5 Å². The summed E-state index contributed by atoms with van der Waals surface area (Å²) in [6, 6.07) is 0. The van der Waals surface area contributed by atoms with Crippen LogP contribution in [0.15, 0.2) is 35.5 Å². The number of hydrogen-bond donors (Lipinski definition) is 0. The van der Waals surface area contributed by atoms with Crippen LogP contribution in [0.4, 0.5) is 0 Å². The first-order valence-electron chi connectivity index (χ1n) is 8.33. The average molecular weight is 348 g/mol. The summed E-state index contributed by atoms with van der Waals surface area (Å²) in [5.74, 6) is -1.72. The number of carbonyl (C=O) groups is 3. The lowest BCUT2D eigenvalue weighted by atomic mass is 9.85. The fourth-order valence-corrected chi connectivity index (χ4v) is 3.17. The van der Waals surface area contributed by atoms with Gasteiger partial charge in [-0.05, 0) is 31.4 Å². The maximum atomic E-state index is 12.0. The molecule has 1 saturated heterocycles. The number of ether oxygens (including phenoxy) is 3. The summed E-state index contributed by atoms with van der Waals surface area (Å²) in [6.07, 6.45) is 4.73. The SMILES string of the molecule is C=C1C(=O)OC2C=C(COC(C)=O)CCC=C(C)CC(OC(C)=O)C12. The zero-order valence-corrected chi connectivity index (χ0v) is 14.9. The van der Waals surface area contributed by atoms with Gasteiger partial charge < -0.3 is 14.2 Å². The van der Waals surface area contributed by atoms with E-state index in [1.165, 1.54) is 13.8 Å². The summed E-state index contributed by atoms with van der Waals surface area (Å²) in [5.41, 5.74) is 2.22. The van der Waals surface area contributed by atoms with Crippen LogP contribution in [0, 0.1) is 5.92 Å². The van der Waals surface area contributed by atoms with Crippen molar-refractivity contribution in [2.24, 2.45) is 5.92 Å². The van der Waals surface area contributed by atoms with Crippen LogP contribution in [-0.4, -0.2) is 36.7 Å². The maximum absolute atomic E-state index is 12.0. The highest BCUT2D eigenvalue weighted by Crippen LogP contribution is 2.36. The molecule has 1 aliphatic heterocycles. The van der Waals surface area contributed by atoms with Crippen LogP contribution in [0.3, 0.4) is 0 Å². The number of esters is 3. The van der Waals surface area contributed by atoms with Crippen LogP contribution < -0.4 is 0 Å². The van der Waals surface area contributed by atoms with Crippen LogP contribution in [0.5, 0.6) is 0 Å². The largest absolute Gasteiger partial charge is 0.461 e. The van der Waals surface area contributed by atoms with Gasteiger partial charge in [-0.2, -0.15) is 0 Å². The molecule has 1 heterocycles. The summed E-state index contributed by atoms with van der Waals surface area (Å²) < 4.78 is 16.0. The number of allylic oxidation sites excluding steroid dienone is 1. The predicted octanol–water partition coefficient (Wildman–Crippen LogP) is 2.64. The fourth-order valence-electron chi connectivity index (χ4n) is 3.17. The Morgan fingerprint density at radius 3 is 2.68 bits per heavy atom. The molecule has 6 heteroatoms. The third-order valence-corrected chi connectivity index (χ3v) is 4.32. The van der Waals surface area contributed by atoms with E-state index >= 15 is 0 Å². The Kier molecular flexibility index (Phi) is 6.17. The minimum absolute atomic E-state index is 0.147. The minimum atomic E-state index is -0.583. The smallest absolute Gasteiger partial charge is 0.334 e. The van der Waals surface area contributed by atoms with Gasteiger partial charge in [-0.15, -0.1) is 0 Å². The first kappa shape index (κ1) is 19.0. The van der Waals surface area contributed by atoms with E-state index < -0.39 is 30.1 Å². The normalized spacial score (nSPS) is 26.8. The molecule has 0 bridgehead atoms. The molecule has 2 aliphatic rings. The van der Waals surface area contributed by atoms with Crippen molar-refractivity contribution in [1.29, 1.82) is 0 Å². The molecular weight excluding hydrogens is 324 g/mol. The zero-order chi connectivity index (χ0) is 18.6. The molecular formula is C19H24O6. The summed E-state index contributed by atoms with van der Waals surface area (Å²) in [5, 5.41) is 0. The molecule has 0 aromatic carbocycles. The van der Waals surface area contributed by atoms with Gasteiger partial charge in [0.25, 0.3) is 0 Å². The van der Waals surface area contributed by atoms with Gasteiger partial charge in [0, 0.05) is 25.8 Å². The van der Waals surface area contributed by atoms with Crippen molar-refractivity contribution in [3.8, 4) is 0 Å². The van der Waals surface area contributed by atoms with Crippen molar-refractivity contribution in [2.75, 3.05) is 6.61 Å². The monoisotopic (exact) mass is 348 g/mol. The first-order valence-corrected chi connectivity index (χ1v) is 8.33. The van der Waals surface area contributed by atoms with Crippen LogP contribution in [-0.2, 0) is 28.6 Å². The molecule has 1 fully saturated rings. The van der Waals surface area contributed by atoms with Crippen molar-refractivity contribution in [2.45, 2.75) is 52.2 Å². The third kappa shape index (κ3) is 5.05. The third-order valence-electron chi connectivity index (χ3n) is 4.32. The minimum Gasteiger partial charge on any atom is -0.461 e. The molecule has 0 aromatic rings. The predicted molar refractivity (Wildman–Crippen MR) is 90.4 cm³/mol. The molecule has 2 rings (SSSR count). The Balaban J connectivity index is 2.36. The van der Waals surface area contributed by atoms with Crippen LogP contribution in [0.2, 0.25) is 0 Å². The molecule has 0 saturated carbocycles. The molecule has 3 atom stereocenters. The maximum Gasteiger partial charge on any atom is 0.334 e. The van der Waals surface area contributed by atoms with Crippen molar-refractivity contribution in [1.82, 2.24) is 0 Å². The van der Waals surface area contributed by atoms with E-state index in [1.54, 1.807) is 6.08 Å². The summed E-state index contributed by atoms with van der Waals surface area (Å²) in [6.45, 7) is 8.63. The second-order valence-corrected chi connectivity index (χ2v) is 6.47. The van der Waals surface area contributed by atoms with E-state index in [9.17, 15) is 14.4 Å². The molecule has 0 spiro atoms. The summed E-state index contributed by atoms with van der Waals surface area (Å²) >= 11 is 0. The molecule has 0 N–H and O–H groups in total. The van der Waals surface area contributed by atoms with Crippen molar-refractivity contribution >= 4 is 17.9 Å². The van der Waals surface area contributed by atoms with Gasteiger partial charge in [0.15, 0.2) is 0 Å². The van der Waals surface area contributed by atoms with Gasteiger partial charge >= 0.3 is 17.9 Å². The molecule has 0 radical (unpaired) electrons. The quantitative estimate of drug-likeness (QED) is 0.338. The number of carbonyl (C=O) groups excluding carboxylic acids is 3. The van der Waals surface area contributed by atoms with Crippen LogP contribution in [0.1, 0.15) is 40.0 Å². The molecule has 0 aromatic heterocycles. The molecule has 0 amide bonds. The van der Waals surface area contributed by atoms with E-state index in [1.807, 2.05) is 6.92 Å². The molecule has 3 unspecified atom stereocenters. The lowest BCUT2D eigenvalue weighted by Crippen LogP contribution is -2.33. The molecule has 1 aliphatic carbocycles. The zero-order valence-electron chi connectivity index (χ0n) is 14.9. The van der Waals surface area contributed by atoms with E-state index in [0.717, 1.165) is 17.6 Å². The highest BCUT2D eigenvalue weighted by Gasteiger charge is 2.44. The van der Waals surface area contributed by atoms with Crippen LogP contribution in [0.25, 0.3) is 0 Å². The Hall–Kier alpha value is -2.37. The summed E-state index contributed by atoms with van der Waals surface area (Å²) in [7, 11) is 0. The average Bonchev–Trinajstić information content (AvgIpc) is 2.77. The van der Waals surface area contributed by atoms with Crippen molar-refractivity contribution in [3.63, 3.8) is 0 Å². The van der Waals surface area contributed by atoms with Crippen LogP contribution >= 0.6 is 0 Å². The summed E-state index contributed by atoms with van der Waals surface area (Å²) in [4.78, 5) is 34.7. The first-order chi connectivity index (χ1) is 11.8. The topological polar surface area (TPSA) is 78.9 Å². The fraction of sp³-hybridized carbons (Fsp3) is 0.526. The van der Waals surface area contributed by atoms with Crippen molar-refractivity contribution < 1.29 is 28.6 Å². The number of fused-ring (bicyclic) bond motifs is 1. The highest BCUT2D eigenvalue weighted by molar-refractivity contribution is 5.91. The van der Waals surface area contributed by atoms with Gasteiger partial charge in [0.05, 0.1) is 5.92 Å². The van der Waals surface area contributed by atoms with Gasteiger partial charge in [-0.25, -0.2) is 4.79 Å². The van der Waals surface area contributed by atoms with E-state index in [-0.39, 0.29) is 12.6 Å². The number of rotatable bonds is 3. The van der Waals surface area contributed by atoms with E-state index in [2.05, 4.69) is 12.7 Å². The van der Waals surface area contributed by atoms with Gasteiger partial charge in [0.2, 0.25) is 0 Å². The van der Waals surface area contributed by atoms with Gasteiger partial charge in [-0.3, -0.25) is 9.59 Å². The standard InChI is InChI=1S/C19H24O6/c1-11-6-5-7-15(10-23-13(3)20)9-17-18(12(2)19(22)25-17)16(8-11)24-14(4)21/h6,9,16-18H,2,5,7-8,10H2,1,3-4H3. The Bertz CT molecular complexity index is 642.